The summed E-state index contributed by atoms with van der Waals surface area (Å²) in [5.74, 6) is 4.34. The smallest absolute Gasteiger partial charge is 0.491 e. The number of ether oxygens (including phenoxy) is 9. The second-order valence-corrected chi connectivity index (χ2v) is 24.0. The maximum absolute atomic E-state index is 6.11. The molecule has 0 aliphatic heterocycles. The predicted octanol–water partition coefficient (Wildman–Crippen LogP) is 9.80. The average molecular weight is 1010 g/mol. The van der Waals surface area contributed by atoms with E-state index in [1.54, 1.807) is 0 Å². The first kappa shape index (κ1) is 64.4. The molecule has 0 unspecified atom stereocenters. The van der Waals surface area contributed by atoms with E-state index in [-0.39, 0.29) is 92.3 Å². The first-order valence-electron chi connectivity index (χ1n) is 25.3. The Morgan fingerprint density at radius 1 is 0.268 bits per heavy atom. The van der Waals surface area contributed by atoms with Crippen molar-refractivity contribution in [2.24, 2.45) is 16.2 Å². The van der Waals surface area contributed by atoms with Crippen molar-refractivity contribution in [3.05, 3.63) is 108 Å². The summed E-state index contributed by atoms with van der Waals surface area (Å²) < 4.78 is 53.8. The molecule has 0 spiro atoms. The third-order valence-corrected chi connectivity index (χ3v) is 11.7. The van der Waals surface area contributed by atoms with Gasteiger partial charge in [0, 0.05) is 18.2 Å². The predicted molar refractivity (Wildman–Crippen MR) is 294 cm³/mol. The van der Waals surface area contributed by atoms with E-state index in [0.717, 1.165) is 36.5 Å². The zero-order chi connectivity index (χ0) is 50.8. The van der Waals surface area contributed by atoms with Crippen LogP contribution in [0.1, 0.15) is 140 Å². The van der Waals surface area contributed by atoms with E-state index in [1.807, 2.05) is 54.6 Å². The monoisotopic (exact) mass is 1010 g/mol. The van der Waals surface area contributed by atoms with Crippen LogP contribution in [0.5, 0.6) is 34.5 Å². The van der Waals surface area contributed by atoms with Crippen LogP contribution in [-0.4, -0.2) is 87.7 Å². The molecule has 0 fully saturated rings. The van der Waals surface area contributed by atoms with E-state index in [9.17, 15) is 0 Å². The molecule has 0 aliphatic carbocycles. The molecule has 11 heteroatoms. The average Bonchev–Trinajstić information content (AvgIpc) is 3.23. The fraction of sp³-hybridized carbons (Fsp3) is 0.600. The Kier molecular flexibility index (Phi) is 27.2. The Balaban J connectivity index is 0.00000864. The van der Waals surface area contributed by atoms with Crippen LogP contribution < -0.4 is 79.8 Å². The van der Waals surface area contributed by atoms with Crippen molar-refractivity contribution < 1.29 is 94.0 Å². The van der Waals surface area contributed by atoms with Crippen molar-refractivity contribution >= 4 is 8.41 Å². The van der Waals surface area contributed by atoms with Gasteiger partial charge in [-0.15, -0.1) is 0 Å². The molecule has 392 valence electrons. The van der Waals surface area contributed by atoms with Crippen LogP contribution in [0.4, 0.5) is 0 Å². The largest absolute Gasteiger partial charge is 1.00 e. The summed E-state index contributed by atoms with van der Waals surface area (Å²) in [5, 5.41) is 0. The first-order chi connectivity index (χ1) is 32.3. The standard InChI is InChI=1S/C60H90O9.BH4.K/c1-55(2,3)43-58(10,11)46-16-22-49(23-17-46)64-34-28-61-31-37-67-52-40-53(68-38-32-62-29-35-65-50-24-18-47(19-25-50)59(12,13)44-56(4,5)6)42-54(41-52)69-39-33-63-30-36-66-51-26-20-48(21-27-51)60(14,15)45-57(7,8)9;;/h16-27,40-42H,28-39,43-45H2,1-15H3;1H4;/q;-1;+1. The van der Waals surface area contributed by atoms with Gasteiger partial charge in [-0.25, -0.2) is 0 Å². The maximum atomic E-state index is 6.11. The minimum atomic E-state index is 0. The molecule has 0 aromatic heterocycles. The van der Waals surface area contributed by atoms with Gasteiger partial charge in [0.05, 0.1) is 39.6 Å². The molecule has 0 aliphatic rings. The Hall–Kier alpha value is -2.74. The topological polar surface area (TPSA) is 83.1 Å². The zero-order valence-corrected chi connectivity index (χ0v) is 49.6. The van der Waals surface area contributed by atoms with Crippen molar-refractivity contribution in [2.75, 3.05) is 79.3 Å². The molecule has 0 saturated heterocycles. The normalized spacial score (nSPS) is 12.4. The van der Waals surface area contributed by atoms with Gasteiger partial charge >= 0.3 is 51.4 Å². The van der Waals surface area contributed by atoms with Gasteiger partial charge in [-0.1, -0.05) is 149 Å². The molecule has 4 aromatic rings. The Morgan fingerprint density at radius 3 is 0.634 bits per heavy atom. The van der Waals surface area contributed by atoms with Gasteiger partial charge < -0.3 is 42.6 Å². The number of benzene rings is 4. The number of hydrogen-bond donors (Lipinski definition) is 0. The van der Waals surface area contributed by atoms with Crippen LogP contribution >= 0.6 is 0 Å². The Morgan fingerprint density at radius 2 is 0.451 bits per heavy atom. The SMILES string of the molecule is CC(C)(C)CC(C)(C)c1ccc(OCCOCCOc2cc(OCCOCCOc3ccc(C(C)(C)CC(C)(C)C)cc3)cc(OCCOCCOc3ccc(C(C)(C)CC(C)(C)C)cc3)c2)cc1.[BH4-].[K+]. The van der Waals surface area contributed by atoms with Gasteiger partial charge in [0.2, 0.25) is 0 Å². The minimum absolute atomic E-state index is 0. The molecule has 0 saturated carbocycles. The van der Waals surface area contributed by atoms with Crippen LogP contribution in [0.15, 0.2) is 91.0 Å². The molecule has 71 heavy (non-hydrogen) atoms. The van der Waals surface area contributed by atoms with Crippen molar-refractivity contribution in [1.82, 2.24) is 0 Å². The van der Waals surface area contributed by atoms with Crippen LogP contribution in [0, 0.1) is 16.2 Å². The Labute approximate surface area is 475 Å². The summed E-state index contributed by atoms with van der Waals surface area (Å²) in [5.41, 5.74) is 4.95. The van der Waals surface area contributed by atoms with E-state index in [1.165, 1.54) is 16.7 Å². The molecular formula is C60H94BKO9. The summed E-state index contributed by atoms with van der Waals surface area (Å²) in [6, 6.07) is 30.8. The van der Waals surface area contributed by atoms with Crippen LogP contribution in [-0.2, 0) is 30.5 Å². The molecule has 0 atom stereocenters. The van der Waals surface area contributed by atoms with Gasteiger partial charge in [-0.05, 0) is 105 Å². The molecule has 0 N–H and O–H groups in total. The summed E-state index contributed by atoms with van der Waals surface area (Å²) in [6.07, 6.45) is 3.29. The molecular weight excluding hydrogens is 915 g/mol. The van der Waals surface area contributed by atoms with E-state index >= 15 is 0 Å². The van der Waals surface area contributed by atoms with Gasteiger partial charge in [-0.3, -0.25) is 0 Å². The quantitative estimate of drug-likeness (QED) is 0.0375. The van der Waals surface area contributed by atoms with E-state index in [4.69, 9.17) is 42.6 Å². The molecule has 9 nitrogen and oxygen atoms in total. The molecule has 0 radical (unpaired) electrons. The van der Waals surface area contributed by atoms with Crippen LogP contribution in [0.2, 0.25) is 0 Å². The van der Waals surface area contributed by atoms with Crippen LogP contribution in [0.25, 0.3) is 0 Å². The zero-order valence-electron chi connectivity index (χ0n) is 46.4. The van der Waals surface area contributed by atoms with E-state index < -0.39 is 0 Å². The van der Waals surface area contributed by atoms with Crippen molar-refractivity contribution in [3.8, 4) is 34.5 Å². The molecule has 4 rings (SSSR count). The second-order valence-electron chi connectivity index (χ2n) is 24.0. The fourth-order valence-electron chi connectivity index (χ4n) is 9.70. The fourth-order valence-corrected chi connectivity index (χ4v) is 9.70. The van der Waals surface area contributed by atoms with Gasteiger partial charge in [0.1, 0.15) is 74.1 Å². The number of hydrogen-bond acceptors (Lipinski definition) is 9. The number of rotatable bonds is 30. The third-order valence-electron chi connectivity index (χ3n) is 11.7. The maximum Gasteiger partial charge on any atom is 1.00 e. The molecule has 0 heterocycles. The summed E-state index contributed by atoms with van der Waals surface area (Å²) in [7, 11) is 0. The first-order valence-corrected chi connectivity index (χ1v) is 25.3. The van der Waals surface area contributed by atoms with E-state index in [0.29, 0.717) is 96.5 Å². The molecule has 0 bridgehead atoms. The minimum Gasteiger partial charge on any atom is -0.491 e. The van der Waals surface area contributed by atoms with Crippen molar-refractivity contribution in [1.29, 1.82) is 0 Å². The van der Waals surface area contributed by atoms with Crippen molar-refractivity contribution in [3.63, 3.8) is 0 Å². The van der Waals surface area contributed by atoms with Crippen molar-refractivity contribution in [2.45, 2.75) is 139 Å². The Bertz CT molecular complexity index is 1810. The summed E-state index contributed by atoms with van der Waals surface area (Å²) in [6.45, 7) is 39.3. The third kappa shape index (κ3) is 25.9. The molecule has 0 amide bonds. The van der Waals surface area contributed by atoms with Gasteiger partial charge in [0.25, 0.3) is 0 Å². The summed E-state index contributed by atoms with van der Waals surface area (Å²) >= 11 is 0. The molecule has 4 aromatic carbocycles. The van der Waals surface area contributed by atoms with Gasteiger partial charge in [-0.2, -0.15) is 0 Å². The van der Waals surface area contributed by atoms with Crippen LogP contribution in [0.3, 0.4) is 0 Å². The van der Waals surface area contributed by atoms with E-state index in [2.05, 4.69) is 140 Å². The second kappa shape index (κ2) is 30.0. The summed E-state index contributed by atoms with van der Waals surface area (Å²) in [4.78, 5) is 0. The van der Waals surface area contributed by atoms with Gasteiger partial charge in [0.15, 0.2) is 0 Å².